The summed E-state index contributed by atoms with van der Waals surface area (Å²) in [6.07, 6.45) is 5.29. The fourth-order valence-corrected chi connectivity index (χ4v) is 3.05. The summed E-state index contributed by atoms with van der Waals surface area (Å²) in [5.74, 6) is -0.875. The summed E-state index contributed by atoms with van der Waals surface area (Å²) in [5, 5.41) is 3.33. The van der Waals surface area contributed by atoms with E-state index in [0.29, 0.717) is 5.56 Å². The van der Waals surface area contributed by atoms with Gasteiger partial charge in [-0.2, -0.15) is 0 Å². The van der Waals surface area contributed by atoms with E-state index in [2.05, 4.69) is 15.3 Å². The zero-order valence-electron chi connectivity index (χ0n) is 15.9. The number of piperidine rings is 1. The molecule has 1 aliphatic rings. The predicted molar refractivity (Wildman–Crippen MR) is 106 cm³/mol. The Bertz CT molecular complexity index is 791. The number of pyridine rings is 1. The van der Waals surface area contributed by atoms with Crippen LogP contribution in [0.3, 0.4) is 0 Å². The highest BCUT2D eigenvalue weighted by atomic mass is 35.5. The van der Waals surface area contributed by atoms with Crippen LogP contribution in [0.15, 0.2) is 30.6 Å². The molecule has 7 heteroatoms. The second-order valence-electron chi connectivity index (χ2n) is 7.70. The number of nitrogens with zero attached hydrogens (tertiary/aromatic N) is 1. The third-order valence-electron chi connectivity index (χ3n) is 4.60. The van der Waals surface area contributed by atoms with Gasteiger partial charge < -0.3 is 15.0 Å². The molecule has 0 amide bonds. The molecule has 1 fully saturated rings. The quantitative estimate of drug-likeness (QED) is 0.615. The van der Waals surface area contributed by atoms with Gasteiger partial charge in [-0.15, -0.1) is 12.4 Å². The van der Waals surface area contributed by atoms with Crippen LogP contribution in [0, 0.1) is 5.41 Å². The number of carbonyl (C=O) groups is 2. The Labute approximate surface area is 165 Å². The minimum Gasteiger partial charge on any atom is -0.389 e. The van der Waals surface area contributed by atoms with Crippen LogP contribution in [-0.4, -0.2) is 35.0 Å². The van der Waals surface area contributed by atoms with Gasteiger partial charge in [0.2, 0.25) is 0 Å². The van der Waals surface area contributed by atoms with Crippen LogP contribution in [0.25, 0.3) is 11.3 Å². The molecule has 6 nitrogen and oxygen atoms in total. The van der Waals surface area contributed by atoms with Crippen molar-refractivity contribution in [2.24, 2.45) is 5.41 Å². The lowest BCUT2D eigenvalue weighted by atomic mass is 9.92. The minimum atomic E-state index is -0.727. The Balaban J connectivity index is 0.00000261. The van der Waals surface area contributed by atoms with Crippen LogP contribution in [0.4, 0.5) is 0 Å². The number of halogens is 1. The molecule has 0 radical (unpaired) electrons. The summed E-state index contributed by atoms with van der Waals surface area (Å²) in [7, 11) is 0. The number of aromatic nitrogens is 2. The Hall–Kier alpha value is -2.18. The molecule has 2 aromatic heterocycles. The molecule has 3 heterocycles. The summed E-state index contributed by atoms with van der Waals surface area (Å²) in [4.78, 5) is 32.3. The van der Waals surface area contributed by atoms with Crippen molar-refractivity contribution >= 4 is 24.3 Å². The van der Waals surface area contributed by atoms with Gasteiger partial charge in [0.25, 0.3) is 0 Å². The Morgan fingerprint density at radius 1 is 1.15 bits per heavy atom. The summed E-state index contributed by atoms with van der Waals surface area (Å²) < 4.78 is 5.16. The average Bonchev–Trinajstić information content (AvgIpc) is 3.08. The summed E-state index contributed by atoms with van der Waals surface area (Å²) in [5.41, 5.74) is 2.34. The van der Waals surface area contributed by atoms with Gasteiger partial charge in [-0.05, 0) is 64.9 Å². The maximum Gasteiger partial charge on any atom is 0.347 e. The van der Waals surface area contributed by atoms with E-state index in [4.69, 9.17) is 4.74 Å². The lowest BCUT2D eigenvalue weighted by Crippen LogP contribution is -2.29. The molecule has 0 atom stereocenters. The lowest BCUT2D eigenvalue weighted by Gasteiger charge is -2.23. The Kier molecular flexibility index (Phi) is 6.78. The number of hydrogen-bond donors (Lipinski definition) is 2. The monoisotopic (exact) mass is 391 g/mol. The van der Waals surface area contributed by atoms with Crippen molar-refractivity contribution in [1.29, 1.82) is 0 Å². The zero-order valence-corrected chi connectivity index (χ0v) is 16.7. The van der Waals surface area contributed by atoms with E-state index in [9.17, 15) is 9.59 Å². The van der Waals surface area contributed by atoms with E-state index in [1.54, 1.807) is 39.2 Å². The predicted octanol–water partition coefficient (Wildman–Crippen LogP) is 3.70. The number of aromatic amines is 1. The van der Waals surface area contributed by atoms with E-state index < -0.39 is 17.4 Å². The standard InChI is InChI=1S/C20H25N3O3.ClH/c1-20(2,3)19(25)26-18(24)15-12-16(13-4-8-21-9-5-13)23-17(15)14-6-10-22-11-7-14;/h4-5,8-9,12,14,22-23H,6-7,10-11H2,1-3H3;1H. The number of carbonyl (C=O) groups excluding carboxylic acids is 2. The van der Waals surface area contributed by atoms with Crippen molar-refractivity contribution in [1.82, 2.24) is 15.3 Å². The van der Waals surface area contributed by atoms with E-state index in [1.807, 2.05) is 12.1 Å². The Morgan fingerprint density at radius 2 is 1.78 bits per heavy atom. The van der Waals surface area contributed by atoms with Gasteiger partial charge in [-0.3, -0.25) is 9.78 Å². The van der Waals surface area contributed by atoms with Crippen LogP contribution in [-0.2, 0) is 9.53 Å². The molecule has 3 rings (SSSR count). The van der Waals surface area contributed by atoms with Crippen molar-refractivity contribution in [3.05, 3.63) is 41.9 Å². The SMILES string of the molecule is CC(C)(C)C(=O)OC(=O)c1cc(-c2ccncc2)[nH]c1C1CCNCC1.Cl. The van der Waals surface area contributed by atoms with Crippen molar-refractivity contribution in [2.75, 3.05) is 13.1 Å². The number of hydrogen-bond acceptors (Lipinski definition) is 5. The zero-order chi connectivity index (χ0) is 18.7. The summed E-state index contributed by atoms with van der Waals surface area (Å²) in [6.45, 7) is 7.01. The van der Waals surface area contributed by atoms with E-state index >= 15 is 0 Å². The molecule has 1 saturated heterocycles. The second kappa shape index (κ2) is 8.67. The van der Waals surface area contributed by atoms with Gasteiger partial charge in [0.15, 0.2) is 0 Å². The van der Waals surface area contributed by atoms with Gasteiger partial charge in [0.05, 0.1) is 11.0 Å². The first kappa shape index (κ1) is 21.1. The van der Waals surface area contributed by atoms with Crippen molar-refractivity contribution in [3.63, 3.8) is 0 Å². The van der Waals surface area contributed by atoms with Crippen molar-refractivity contribution in [3.8, 4) is 11.3 Å². The molecule has 0 aromatic carbocycles. The van der Waals surface area contributed by atoms with Crippen molar-refractivity contribution in [2.45, 2.75) is 39.5 Å². The van der Waals surface area contributed by atoms with Crippen LogP contribution in [0.2, 0.25) is 0 Å². The highest BCUT2D eigenvalue weighted by Crippen LogP contribution is 2.32. The molecule has 146 valence electrons. The number of nitrogens with one attached hydrogen (secondary N) is 2. The van der Waals surface area contributed by atoms with Gasteiger partial charge in [0.1, 0.15) is 0 Å². The highest BCUT2D eigenvalue weighted by molar-refractivity contribution is 6.00. The maximum atomic E-state index is 12.7. The fraction of sp³-hybridized carbons (Fsp3) is 0.450. The van der Waals surface area contributed by atoms with Crippen LogP contribution < -0.4 is 5.32 Å². The van der Waals surface area contributed by atoms with Crippen molar-refractivity contribution < 1.29 is 14.3 Å². The number of ether oxygens (including phenoxy) is 1. The third-order valence-corrected chi connectivity index (χ3v) is 4.60. The number of rotatable bonds is 3. The van der Waals surface area contributed by atoms with Crippen LogP contribution in [0.5, 0.6) is 0 Å². The maximum absolute atomic E-state index is 12.7. The normalized spacial score (nSPS) is 15.1. The van der Waals surface area contributed by atoms with Crippen LogP contribution >= 0.6 is 12.4 Å². The van der Waals surface area contributed by atoms with E-state index in [0.717, 1.165) is 42.9 Å². The first-order chi connectivity index (χ1) is 12.4. The molecule has 1 aliphatic heterocycles. The molecular formula is C20H26ClN3O3. The molecule has 27 heavy (non-hydrogen) atoms. The molecule has 0 spiro atoms. The van der Waals surface area contributed by atoms with E-state index in [1.165, 1.54) is 0 Å². The van der Waals surface area contributed by atoms with Crippen LogP contribution in [0.1, 0.15) is 55.6 Å². The van der Waals surface area contributed by atoms with Gasteiger partial charge >= 0.3 is 11.9 Å². The first-order valence-corrected chi connectivity index (χ1v) is 8.97. The molecule has 0 bridgehead atoms. The summed E-state index contributed by atoms with van der Waals surface area (Å²) in [6, 6.07) is 5.55. The fourth-order valence-electron chi connectivity index (χ4n) is 3.05. The third kappa shape index (κ3) is 4.96. The highest BCUT2D eigenvalue weighted by Gasteiger charge is 2.30. The minimum absolute atomic E-state index is 0. The molecule has 2 aromatic rings. The Morgan fingerprint density at radius 3 is 2.37 bits per heavy atom. The second-order valence-corrected chi connectivity index (χ2v) is 7.70. The molecular weight excluding hydrogens is 366 g/mol. The first-order valence-electron chi connectivity index (χ1n) is 8.97. The molecule has 0 unspecified atom stereocenters. The van der Waals surface area contributed by atoms with Gasteiger partial charge in [0, 0.05) is 35.3 Å². The summed E-state index contributed by atoms with van der Waals surface area (Å²) >= 11 is 0. The number of esters is 2. The largest absolute Gasteiger partial charge is 0.389 e. The van der Waals surface area contributed by atoms with Gasteiger partial charge in [-0.25, -0.2) is 4.79 Å². The topological polar surface area (TPSA) is 84.1 Å². The average molecular weight is 392 g/mol. The lowest BCUT2D eigenvalue weighted by molar-refractivity contribution is -0.146. The molecule has 0 aliphatic carbocycles. The number of H-pyrrole nitrogens is 1. The van der Waals surface area contributed by atoms with Gasteiger partial charge in [-0.1, -0.05) is 0 Å². The molecule has 2 N–H and O–H groups in total. The molecule has 0 saturated carbocycles. The van der Waals surface area contributed by atoms with E-state index in [-0.39, 0.29) is 18.3 Å². The smallest absolute Gasteiger partial charge is 0.347 e.